The molecule has 0 radical (unpaired) electrons. The van der Waals surface area contributed by atoms with Gasteiger partial charge in [-0.2, -0.15) is 5.10 Å². The van der Waals surface area contributed by atoms with Gasteiger partial charge in [-0.1, -0.05) is 42.5 Å². The van der Waals surface area contributed by atoms with E-state index in [2.05, 4.69) is 9.93 Å². The van der Waals surface area contributed by atoms with E-state index < -0.39 is 4.92 Å². The molecule has 0 bridgehead atoms. The largest absolute Gasteiger partial charge is 0.288 e. The van der Waals surface area contributed by atoms with Gasteiger partial charge in [-0.25, -0.2) is 4.83 Å². The summed E-state index contributed by atoms with van der Waals surface area (Å²) in [7, 11) is 0. The van der Waals surface area contributed by atoms with Gasteiger partial charge in [0.1, 0.15) is 5.56 Å². The lowest BCUT2D eigenvalue weighted by atomic mass is 10.0. The lowest BCUT2D eigenvalue weighted by Crippen LogP contribution is -2.04. The summed E-state index contributed by atoms with van der Waals surface area (Å²) in [4.78, 5) is 25.0. The van der Waals surface area contributed by atoms with Gasteiger partial charge in [0.15, 0.2) is 5.78 Å². The first-order valence-corrected chi connectivity index (χ1v) is 7.50. The second-order valence-electron chi connectivity index (χ2n) is 4.29. The van der Waals surface area contributed by atoms with E-state index in [1.807, 2.05) is 11.5 Å². The number of para-hydroxylation sites is 1. The number of carbonyl (C=O) groups excluding carboxylic acids is 1. The van der Waals surface area contributed by atoms with Gasteiger partial charge in [-0.3, -0.25) is 14.9 Å². The highest BCUT2D eigenvalue weighted by Gasteiger charge is 2.19. The summed E-state index contributed by atoms with van der Waals surface area (Å²) in [5.41, 5.74) is 0.395. The van der Waals surface area contributed by atoms with Crippen molar-refractivity contribution in [1.82, 2.24) is 4.83 Å². The third-order valence-corrected chi connectivity index (χ3v) is 3.30. The van der Waals surface area contributed by atoms with Crippen LogP contribution in [0.5, 0.6) is 0 Å². The van der Waals surface area contributed by atoms with Crippen LogP contribution in [0.15, 0.2) is 71.2 Å². The van der Waals surface area contributed by atoms with E-state index in [9.17, 15) is 14.9 Å². The highest BCUT2D eigenvalue weighted by molar-refractivity contribution is 8.00. The van der Waals surface area contributed by atoms with Gasteiger partial charge in [-0.15, -0.1) is 0 Å². The van der Waals surface area contributed by atoms with Gasteiger partial charge in [-0.05, 0) is 29.5 Å². The molecular weight excluding hydrogens is 314 g/mol. The SMILES string of the molecule is C1=CSNN=C1.O=C(c1ccccc1)c1ccccc1[N+](=O)[O-]. The summed E-state index contributed by atoms with van der Waals surface area (Å²) in [6, 6.07) is 14.5. The van der Waals surface area contributed by atoms with E-state index >= 15 is 0 Å². The standard InChI is InChI=1S/C13H9NO3.C3H4N2S/c15-13(10-6-2-1-3-7-10)11-8-4-5-9-12(11)14(16)17;1-2-4-5-6-3-1/h1-9H;1-3,5H. The Morgan fingerprint density at radius 2 is 1.78 bits per heavy atom. The Morgan fingerprint density at radius 3 is 2.30 bits per heavy atom. The van der Waals surface area contributed by atoms with Gasteiger partial charge < -0.3 is 0 Å². The average Bonchev–Trinajstić information content (AvgIpc) is 2.64. The molecule has 0 atom stereocenters. The summed E-state index contributed by atoms with van der Waals surface area (Å²) in [6.45, 7) is 0. The number of benzene rings is 2. The van der Waals surface area contributed by atoms with Crippen LogP contribution in [-0.2, 0) is 0 Å². The molecule has 0 saturated heterocycles. The number of ketones is 1. The van der Waals surface area contributed by atoms with E-state index in [1.165, 1.54) is 24.1 Å². The number of nitrogens with one attached hydrogen (secondary N) is 1. The maximum atomic E-state index is 12.1. The molecule has 2 aromatic rings. The third-order valence-electron chi connectivity index (χ3n) is 2.79. The molecule has 0 spiro atoms. The van der Waals surface area contributed by atoms with Crippen molar-refractivity contribution >= 4 is 29.6 Å². The normalized spacial score (nSPS) is 11.8. The minimum Gasteiger partial charge on any atom is -0.288 e. The summed E-state index contributed by atoms with van der Waals surface area (Å²) in [6.07, 6.45) is 3.58. The number of nitrogens with zero attached hydrogens (tertiary/aromatic N) is 2. The van der Waals surface area contributed by atoms with Crippen LogP contribution < -0.4 is 4.83 Å². The van der Waals surface area contributed by atoms with Crippen LogP contribution >= 0.6 is 11.9 Å². The maximum absolute atomic E-state index is 12.1. The zero-order valence-corrected chi connectivity index (χ0v) is 12.8. The van der Waals surface area contributed by atoms with Crippen LogP contribution in [0.25, 0.3) is 0 Å². The fourth-order valence-corrected chi connectivity index (χ4v) is 2.11. The zero-order chi connectivity index (χ0) is 16.5. The molecule has 1 N–H and O–H groups in total. The van der Waals surface area contributed by atoms with E-state index in [-0.39, 0.29) is 17.0 Å². The smallest absolute Gasteiger partial charge is 0.280 e. The molecule has 0 aromatic heterocycles. The monoisotopic (exact) mass is 327 g/mol. The van der Waals surface area contributed by atoms with Crippen molar-refractivity contribution in [2.45, 2.75) is 0 Å². The Bertz CT molecular complexity index is 733. The Hall–Kier alpha value is -2.93. The van der Waals surface area contributed by atoms with Crippen LogP contribution in [0.3, 0.4) is 0 Å². The van der Waals surface area contributed by atoms with Crippen molar-refractivity contribution in [3.8, 4) is 0 Å². The average molecular weight is 327 g/mol. The Kier molecular flexibility index (Phi) is 6.07. The first kappa shape index (κ1) is 16.4. The van der Waals surface area contributed by atoms with Gasteiger partial charge in [0.25, 0.3) is 5.69 Å². The van der Waals surface area contributed by atoms with Crippen LogP contribution in [0.1, 0.15) is 15.9 Å². The van der Waals surface area contributed by atoms with Crippen LogP contribution in [0.2, 0.25) is 0 Å². The van der Waals surface area contributed by atoms with Crippen molar-refractivity contribution < 1.29 is 9.72 Å². The van der Waals surface area contributed by atoms with Gasteiger partial charge in [0, 0.05) is 17.8 Å². The van der Waals surface area contributed by atoms with Gasteiger partial charge in [0.2, 0.25) is 0 Å². The summed E-state index contributed by atoms with van der Waals surface area (Å²) in [5.74, 6) is -0.335. The molecule has 1 heterocycles. The Balaban J connectivity index is 0.000000268. The topological polar surface area (TPSA) is 84.6 Å². The number of carbonyl (C=O) groups is 1. The molecule has 0 fully saturated rings. The fourth-order valence-electron chi connectivity index (χ4n) is 1.78. The first-order chi connectivity index (χ1) is 11.2. The Morgan fingerprint density at radius 1 is 1.09 bits per heavy atom. The van der Waals surface area contributed by atoms with Gasteiger partial charge in [0.05, 0.1) is 4.92 Å². The molecule has 2 aromatic carbocycles. The number of allylic oxidation sites excluding steroid dienone is 1. The summed E-state index contributed by atoms with van der Waals surface area (Å²) in [5, 5.41) is 16.4. The predicted molar refractivity (Wildman–Crippen MR) is 91.3 cm³/mol. The first-order valence-electron chi connectivity index (χ1n) is 6.62. The summed E-state index contributed by atoms with van der Waals surface area (Å²) >= 11 is 1.47. The van der Waals surface area contributed by atoms with Crippen molar-refractivity contribution in [2.75, 3.05) is 0 Å². The molecule has 0 amide bonds. The fraction of sp³-hybridized carbons (Fsp3) is 0. The van der Waals surface area contributed by atoms with Crippen molar-refractivity contribution in [3.05, 3.63) is 87.3 Å². The second-order valence-corrected chi connectivity index (χ2v) is 4.98. The third kappa shape index (κ3) is 4.79. The van der Waals surface area contributed by atoms with Crippen molar-refractivity contribution in [3.63, 3.8) is 0 Å². The maximum Gasteiger partial charge on any atom is 0.280 e. The Labute approximate surface area is 137 Å². The minimum absolute atomic E-state index is 0.115. The minimum atomic E-state index is -0.545. The number of rotatable bonds is 3. The van der Waals surface area contributed by atoms with Gasteiger partial charge >= 0.3 is 0 Å². The molecule has 3 rings (SSSR count). The van der Waals surface area contributed by atoms with E-state index in [0.29, 0.717) is 5.56 Å². The number of hydrazone groups is 1. The van der Waals surface area contributed by atoms with Crippen LogP contribution in [0.4, 0.5) is 5.69 Å². The molecule has 116 valence electrons. The highest BCUT2D eigenvalue weighted by atomic mass is 32.2. The van der Waals surface area contributed by atoms with Crippen molar-refractivity contribution in [1.29, 1.82) is 0 Å². The number of nitro groups is 1. The molecule has 7 heteroatoms. The van der Waals surface area contributed by atoms with Crippen LogP contribution in [0, 0.1) is 10.1 Å². The molecule has 0 unspecified atom stereocenters. The number of nitro benzene ring substituents is 1. The molecular formula is C16H13N3O3S. The van der Waals surface area contributed by atoms with E-state index in [4.69, 9.17) is 0 Å². The number of hydrogen-bond acceptors (Lipinski definition) is 6. The van der Waals surface area contributed by atoms with E-state index in [1.54, 1.807) is 48.7 Å². The van der Waals surface area contributed by atoms with E-state index in [0.717, 1.165) is 0 Å². The second kappa shape index (κ2) is 8.50. The highest BCUT2D eigenvalue weighted by Crippen LogP contribution is 2.20. The summed E-state index contributed by atoms with van der Waals surface area (Å²) < 4.78 is 0. The van der Waals surface area contributed by atoms with Crippen molar-refractivity contribution in [2.24, 2.45) is 5.10 Å². The van der Waals surface area contributed by atoms with Crippen LogP contribution in [-0.4, -0.2) is 16.9 Å². The molecule has 0 aliphatic carbocycles. The molecule has 1 aliphatic heterocycles. The lowest BCUT2D eigenvalue weighted by Gasteiger charge is -2.01. The zero-order valence-electron chi connectivity index (χ0n) is 12.0. The number of hydrogen-bond donors (Lipinski definition) is 1. The molecule has 0 saturated carbocycles. The molecule has 6 nitrogen and oxygen atoms in total. The predicted octanol–water partition coefficient (Wildman–Crippen LogP) is 3.56. The molecule has 1 aliphatic rings. The quantitative estimate of drug-likeness (QED) is 0.403. The molecule has 23 heavy (non-hydrogen) atoms. The lowest BCUT2D eigenvalue weighted by molar-refractivity contribution is -0.385.